The molecule has 0 aromatic heterocycles. The topological polar surface area (TPSA) is 38.3 Å². The summed E-state index contributed by atoms with van der Waals surface area (Å²) in [4.78, 5) is 12.6. The van der Waals surface area contributed by atoms with Gasteiger partial charge in [0.15, 0.2) is 0 Å². The molecule has 1 fully saturated rings. The first-order chi connectivity index (χ1) is 9.82. The van der Waals surface area contributed by atoms with E-state index in [-0.39, 0.29) is 17.4 Å². The first-order valence-corrected chi connectivity index (χ1v) is 7.89. The zero-order valence-electron chi connectivity index (χ0n) is 13.3. The van der Waals surface area contributed by atoms with Crippen LogP contribution in [0.15, 0.2) is 12.1 Å². The average molecular weight is 310 g/mol. The van der Waals surface area contributed by atoms with Gasteiger partial charge < -0.3 is 10.1 Å². The predicted octanol–water partition coefficient (Wildman–Crippen LogP) is 4.32. The molecule has 1 aromatic carbocycles. The van der Waals surface area contributed by atoms with Gasteiger partial charge in [0, 0.05) is 6.04 Å². The summed E-state index contributed by atoms with van der Waals surface area (Å²) in [5, 5.41) is 3.59. The van der Waals surface area contributed by atoms with Crippen LogP contribution in [0.2, 0.25) is 5.02 Å². The molecule has 0 saturated heterocycles. The van der Waals surface area contributed by atoms with Gasteiger partial charge >= 0.3 is 0 Å². The molecule has 0 unspecified atom stereocenters. The third-order valence-corrected chi connectivity index (χ3v) is 4.33. The van der Waals surface area contributed by atoms with Crippen molar-refractivity contribution in [2.24, 2.45) is 0 Å². The molecule has 4 heteroatoms. The zero-order chi connectivity index (χ0) is 15.6. The van der Waals surface area contributed by atoms with Gasteiger partial charge in [-0.3, -0.25) is 4.79 Å². The molecule has 0 radical (unpaired) electrons. The molecule has 3 nitrogen and oxygen atoms in total. The Morgan fingerprint density at radius 2 is 1.90 bits per heavy atom. The van der Waals surface area contributed by atoms with Gasteiger partial charge in [0.05, 0.1) is 17.7 Å². The van der Waals surface area contributed by atoms with Crippen LogP contribution in [-0.2, 0) is 5.41 Å². The van der Waals surface area contributed by atoms with Gasteiger partial charge in [-0.2, -0.15) is 0 Å². The van der Waals surface area contributed by atoms with Crippen LogP contribution in [0, 0.1) is 0 Å². The lowest BCUT2D eigenvalue weighted by molar-refractivity contribution is 0.0934. The fourth-order valence-corrected chi connectivity index (χ4v) is 3.03. The third kappa shape index (κ3) is 3.70. The summed E-state index contributed by atoms with van der Waals surface area (Å²) in [6, 6.07) is 4.06. The molecule has 1 N–H and O–H groups in total. The third-order valence-electron chi connectivity index (χ3n) is 4.05. The number of ether oxygens (including phenoxy) is 1. The van der Waals surface area contributed by atoms with Gasteiger partial charge in [-0.1, -0.05) is 45.2 Å². The summed E-state index contributed by atoms with van der Waals surface area (Å²) in [6.45, 7) is 6.30. The molecule has 1 aliphatic rings. The fourth-order valence-electron chi connectivity index (χ4n) is 2.74. The minimum Gasteiger partial charge on any atom is -0.494 e. The zero-order valence-corrected chi connectivity index (χ0v) is 14.0. The minimum absolute atomic E-state index is 0.0711. The maximum atomic E-state index is 12.6. The number of halogens is 1. The van der Waals surface area contributed by atoms with E-state index in [1.165, 1.54) is 12.8 Å². The van der Waals surface area contributed by atoms with E-state index in [4.69, 9.17) is 16.3 Å². The molecule has 0 bridgehead atoms. The molecule has 21 heavy (non-hydrogen) atoms. The van der Waals surface area contributed by atoms with Crippen molar-refractivity contribution in [3.05, 3.63) is 28.3 Å². The Morgan fingerprint density at radius 3 is 2.43 bits per heavy atom. The first-order valence-electron chi connectivity index (χ1n) is 7.52. The lowest BCUT2D eigenvalue weighted by Gasteiger charge is -2.22. The second-order valence-electron chi connectivity index (χ2n) is 6.74. The van der Waals surface area contributed by atoms with E-state index < -0.39 is 0 Å². The highest BCUT2D eigenvalue weighted by Gasteiger charge is 2.24. The van der Waals surface area contributed by atoms with Crippen molar-refractivity contribution in [3.63, 3.8) is 0 Å². The first kappa shape index (κ1) is 16.2. The lowest BCUT2D eigenvalue weighted by atomic mass is 9.86. The molecule has 2 rings (SSSR count). The van der Waals surface area contributed by atoms with Crippen LogP contribution >= 0.6 is 11.6 Å². The average Bonchev–Trinajstić information content (AvgIpc) is 2.89. The summed E-state index contributed by atoms with van der Waals surface area (Å²) in [5.41, 5.74) is 1.49. The highest BCUT2D eigenvalue weighted by Crippen LogP contribution is 2.35. The Kier molecular flexibility index (Phi) is 4.82. The van der Waals surface area contributed by atoms with Crippen LogP contribution in [0.4, 0.5) is 0 Å². The van der Waals surface area contributed by atoms with E-state index >= 15 is 0 Å². The molecule has 1 saturated carbocycles. The van der Waals surface area contributed by atoms with Crippen LogP contribution in [0.1, 0.15) is 62.4 Å². The van der Waals surface area contributed by atoms with Gasteiger partial charge in [-0.05, 0) is 36.0 Å². The second kappa shape index (κ2) is 6.27. The number of rotatable bonds is 3. The summed E-state index contributed by atoms with van der Waals surface area (Å²) in [6.07, 6.45) is 4.48. The van der Waals surface area contributed by atoms with Crippen molar-refractivity contribution < 1.29 is 9.53 Å². The molecule has 0 aliphatic heterocycles. The molecule has 0 atom stereocenters. The summed E-state index contributed by atoms with van der Waals surface area (Å²) < 4.78 is 5.34. The largest absolute Gasteiger partial charge is 0.494 e. The number of hydrogen-bond acceptors (Lipinski definition) is 2. The summed E-state index contributed by atoms with van der Waals surface area (Å²) in [5.74, 6) is 0.368. The van der Waals surface area contributed by atoms with Crippen LogP contribution in [-0.4, -0.2) is 19.1 Å². The summed E-state index contributed by atoms with van der Waals surface area (Å²) >= 11 is 6.30. The van der Waals surface area contributed by atoms with Crippen LogP contribution < -0.4 is 10.1 Å². The maximum absolute atomic E-state index is 12.6. The number of methoxy groups -OCH3 is 1. The number of carbonyl (C=O) groups excluding carboxylic acids is 1. The normalized spacial score (nSPS) is 16.0. The van der Waals surface area contributed by atoms with E-state index in [2.05, 4.69) is 26.1 Å². The molecule has 1 aliphatic carbocycles. The number of amides is 1. The van der Waals surface area contributed by atoms with Crippen molar-refractivity contribution in [1.82, 2.24) is 5.32 Å². The van der Waals surface area contributed by atoms with E-state index in [0.717, 1.165) is 18.4 Å². The van der Waals surface area contributed by atoms with Crippen LogP contribution in [0.5, 0.6) is 5.75 Å². The second-order valence-corrected chi connectivity index (χ2v) is 7.15. The Hall–Kier alpha value is -1.22. The monoisotopic (exact) mass is 309 g/mol. The van der Waals surface area contributed by atoms with E-state index in [1.54, 1.807) is 7.11 Å². The number of hydrogen-bond donors (Lipinski definition) is 1. The van der Waals surface area contributed by atoms with Gasteiger partial charge in [-0.15, -0.1) is 0 Å². The predicted molar refractivity (Wildman–Crippen MR) is 86.4 cm³/mol. The number of carbonyl (C=O) groups is 1. The molecular formula is C17H24ClNO2. The van der Waals surface area contributed by atoms with Crippen LogP contribution in [0.3, 0.4) is 0 Å². The number of benzene rings is 1. The van der Waals surface area contributed by atoms with Gasteiger partial charge in [-0.25, -0.2) is 0 Å². The van der Waals surface area contributed by atoms with Crippen molar-refractivity contribution in [2.45, 2.75) is 57.9 Å². The van der Waals surface area contributed by atoms with Gasteiger partial charge in [0.2, 0.25) is 0 Å². The fraction of sp³-hybridized carbons (Fsp3) is 0.588. The minimum atomic E-state index is -0.0910. The van der Waals surface area contributed by atoms with Crippen molar-refractivity contribution in [3.8, 4) is 5.75 Å². The van der Waals surface area contributed by atoms with Crippen molar-refractivity contribution >= 4 is 17.5 Å². The highest BCUT2D eigenvalue weighted by molar-refractivity contribution is 6.32. The molecule has 1 amide bonds. The van der Waals surface area contributed by atoms with Crippen molar-refractivity contribution in [1.29, 1.82) is 0 Å². The standard InChI is InChI=1S/C17H24ClNO2/c1-17(2,3)11-9-13(15(21-4)14(18)10-11)16(20)19-12-7-5-6-8-12/h9-10,12H,5-8H2,1-4H3,(H,19,20). The van der Waals surface area contributed by atoms with Crippen LogP contribution in [0.25, 0.3) is 0 Å². The quantitative estimate of drug-likeness (QED) is 0.903. The molecule has 0 spiro atoms. The van der Waals surface area contributed by atoms with Gasteiger partial charge in [0.25, 0.3) is 5.91 Å². The van der Waals surface area contributed by atoms with Gasteiger partial charge in [0.1, 0.15) is 5.75 Å². The molecule has 116 valence electrons. The SMILES string of the molecule is COc1c(Cl)cc(C(C)(C)C)cc1C(=O)NC1CCCC1. The lowest BCUT2D eigenvalue weighted by Crippen LogP contribution is -2.33. The Morgan fingerprint density at radius 1 is 1.29 bits per heavy atom. The Bertz CT molecular complexity index is 528. The maximum Gasteiger partial charge on any atom is 0.255 e. The molecule has 1 aromatic rings. The molecular weight excluding hydrogens is 286 g/mol. The highest BCUT2D eigenvalue weighted by atomic mass is 35.5. The summed E-state index contributed by atoms with van der Waals surface area (Å²) in [7, 11) is 1.55. The Balaban J connectivity index is 2.35. The van der Waals surface area contributed by atoms with E-state index in [9.17, 15) is 4.79 Å². The smallest absolute Gasteiger partial charge is 0.255 e. The van der Waals surface area contributed by atoms with E-state index in [1.807, 2.05) is 12.1 Å². The number of nitrogens with one attached hydrogen (secondary N) is 1. The van der Waals surface area contributed by atoms with E-state index in [0.29, 0.717) is 16.3 Å². The van der Waals surface area contributed by atoms with Crippen molar-refractivity contribution in [2.75, 3.05) is 7.11 Å². The molecule has 0 heterocycles. The Labute approximate surface area is 132 Å².